The van der Waals surface area contributed by atoms with Crippen molar-refractivity contribution in [2.75, 3.05) is 0 Å². The topological polar surface area (TPSA) is 48.9 Å². The zero-order chi connectivity index (χ0) is 11.4. The number of aromatic hydroxyl groups is 1. The molecular weight excluding hydrogens is 212 g/mol. The van der Waals surface area contributed by atoms with E-state index in [0.717, 1.165) is 12.8 Å². The van der Waals surface area contributed by atoms with Crippen LogP contribution < -0.4 is 10.4 Å². The molecule has 0 aliphatic heterocycles. The second kappa shape index (κ2) is 3.00. The minimum absolute atomic E-state index is 0.350. The number of phenols is 1. The number of aryl methyl sites for hydroxylation is 1. The van der Waals surface area contributed by atoms with Crippen molar-refractivity contribution in [1.82, 2.24) is 10.2 Å². The second-order valence-electron chi connectivity index (χ2n) is 4.75. The Hall–Kier alpha value is -2.03. The fourth-order valence-electron chi connectivity index (χ4n) is 3.03. The normalized spacial score (nSPS) is 20.5. The van der Waals surface area contributed by atoms with Gasteiger partial charge in [-0.05, 0) is 35.4 Å². The van der Waals surface area contributed by atoms with Crippen LogP contribution >= 0.6 is 0 Å². The lowest BCUT2D eigenvalue weighted by molar-refractivity contribution is 0.474. The van der Waals surface area contributed by atoms with Gasteiger partial charge in [0.2, 0.25) is 0 Å². The maximum Gasteiger partial charge on any atom is 0.116 e. The van der Waals surface area contributed by atoms with Crippen molar-refractivity contribution in [1.29, 1.82) is 0 Å². The molecule has 3 heteroatoms. The molecule has 0 amide bonds. The Morgan fingerprint density at radius 2 is 2.24 bits per heavy atom. The Morgan fingerprint density at radius 1 is 1.29 bits per heavy atom. The van der Waals surface area contributed by atoms with E-state index in [1.165, 1.54) is 27.3 Å². The number of hydrogen-bond acceptors (Lipinski definition) is 2. The zero-order valence-corrected chi connectivity index (χ0v) is 9.27. The Bertz CT molecular complexity index is 727. The minimum Gasteiger partial charge on any atom is -0.508 e. The van der Waals surface area contributed by atoms with Crippen LogP contribution in [0.4, 0.5) is 0 Å². The van der Waals surface area contributed by atoms with Crippen LogP contribution in [-0.4, -0.2) is 15.3 Å². The fraction of sp³-hybridized carbons (Fsp3) is 0.214. The molecule has 1 aromatic heterocycles. The summed E-state index contributed by atoms with van der Waals surface area (Å²) < 4.78 is 0. The van der Waals surface area contributed by atoms with E-state index in [-0.39, 0.29) is 0 Å². The van der Waals surface area contributed by atoms with Gasteiger partial charge in [0.05, 0.1) is 6.20 Å². The molecule has 2 aromatic rings. The number of nitrogens with zero attached hydrogens (tertiary/aromatic N) is 1. The molecule has 2 aliphatic rings. The van der Waals surface area contributed by atoms with Crippen LogP contribution in [-0.2, 0) is 6.42 Å². The monoisotopic (exact) mass is 224 g/mol. The van der Waals surface area contributed by atoms with Gasteiger partial charge in [-0.3, -0.25) is 5.10 Å². The van der Waals surface area contributed by atoms with Crippen LogP contribution in [0.5, 0.6) is 5.75 Å². The van der Waals surface area contributed by atoms with Crippen molar-refractivity contribution in [3.05, 3.63) is 46.1 Å². The summed E-state index contributed by atoms with van der Waals surface area (Å²) in [5.41, 5.74) is 3.97. The Kier molecular flexibility index (Phi) is 1.60. The Morgan fingerprint density at radius 3 is 3.18 bits per heavy atom. The number of fused-ring (bicyclic) bond motifs is 4. The third-order valence-corrected chi connectivity index (χ3v) is 3.84. The molecule has 1 heterocycles. The summed E-state index contributed by atoms with van der Waals surface area (Å²) in [6.07, 6.45) is 6.27. The smallest absolute Gasteiger partial charge is 0.116 e. The van der Waals surface area contributed by atoms with Crippen LogP contribution in [0.2, 0.25) is 0 Å². The molecule has 0 radical (unpaired) electrons. The fourth-order valence-corrected chi connectivity index (χ4v) is 3.03. The van der Waals surface area contributed by atoms with E-state index in [4.69, 9.17) is 0 Å². The highest BCUT2D eigenvalue weighted by Crippen LogP contribution is 2.37. The molecule has 1 aromatic carbocycles. The summed E-state index contributed by atoms with van der Waals surface area (Å²) in [6, 6.07) is 5.63. The first-order valence-corrected chi connectivity index (χ1v) is 5.89. The molecule has 3 nitrogen and oxygen atoms in total. The molecule has 17 heavy (non-hydrogen) atoms. The number of hydrogen-bond donors (Lipinski definition) is 2. The average molecular weight is 224 g/mol. The molecular formula is C14H12N2O. The highest BCUT2D eigenvalue weighted by Gasteiger charge is 2.27. The lowest BCUT2D eigenvalue weighted by Crippen LogP contribution is -2.22. The number of aromatic nitrogens is 2. The third kappa shape index (κ3) is 1.14. The van der Waals surface area contributed by atoms with Crippen molar-refractivity contribution in [3.8, 4) is 5.75 Å². The highest BCUT2D eigenvalue weighted by atomic mass is 16.3. The van der Waals surface area contributed by atoms with Crippen LogP contribution in [0, 0.1) is 0 Å². The highest BCUT2D eigenvalue weighted by molar-refractivity contribution is 5.72. The molecule has 0 fully saturated rings. The maximum absolute atomic E-state index is 9.60. The summed E-state index contributed by atoms with van der Waals surface area (Å²) in [7, 11) is 0. The van der Waals surface area contributed by atoms with Crippen LogP contribution in [0.15, 0.2) is 24.4 Å². The predicted molar refractivity (Wildman–Crippen MR) is 64.9 cm³/mol. The largest absolute Gasteiger partial charge is 0.508 e. The molecule has 0 bridgehead atoms. The molecule has 2 N–H and O–H groups in total. The lowest BCUT2D eigenvalue weighted by atomic mass is 9.84. The van der Waals surface area contributed by atoms with Crippen LogP contribution in [0.25, 0.3) is 11.6 Å². The lowest BCUT2D eigenvalue weighted by Gasteiger charge is -2.19. The SMILES string of the molecule is Oc1ccc2c(c1)=C1CCc3[nH]ncc3C1C=2. The summed E-state index contributed by atoms with van der Waals surface area (Å²) in [5.74, 6) is 0.706. The molecule has 1 atom stereocenters. The molecule has 1 unspecified atom stereocenters. The maximum atomic E-state index is 9.60. The molecule has 84 valence electrons. The molecule has 0 saturated heterocycles. The van der Waals surface area contributed by atoms with E-state index < -0.39 is 0 Å². The number of aromatic amines is 1. The van der Waals surface area contributed by atoms with Gasteiger partial charge < -0.3 is 5.11 Å². The first-order chi connectivity index (χ1) is 8.33. The summed E-state index contributed by atoms with van der Waals surface area (Å²) in [5, 5.41) is 19.3. The first-order valence-electron chi connectivity index (χ1n) is 5.89. The number of benzene rings is 1. The first kappa shape index (κ1) is 9.05. The van der Waals surface area contributed by atoms with E-state index in [0.29, 0.717) is 11.7 Å². The molecule has 2 aliphatic carbocycles. The van der Waals surface area contributed by atoms with E-state index in [1.807, 2.05) is 18.3 Å². The van der Waals surface area contributed by atoms with Gasteiger partial charge in [0.15, 0.2) is 0 Å². The number of H-pyrrole nitrogens is 1. The number of rotatable bonds is 0. The van der Waals surface area contributed by atoms with Gasteiger partial charge in [0, 0.05) is 17.2 Å². The Labute approximate surface area is 98.1 Å². The zero-order valence-electron chi connectivity index (χ0n) is 9.27. The minimum atomic E-state index is 0.350. The third-order valence-electron chi connectivity index (χ3n) is 3.84. The summed E-state index contributed by atoms with van der Waals surface area (Å²) in [6.45, 7) is 0. The molecule has 4 rings (SSSR count). The van der Waals surface area contributed by atoms with Crippen molar-refractivity contribution in [3.63, 3.8) is 0 Å². The number of phenolic OH excluding ortho intramolecular Hbond substituents is 1. The van der Waals surface area contributed by atoms with Crippen molar-refractivity contribution >= 4 is 11.6 Å². The molecule has 0 spiro atoms. The van der Waals surface area contributed by atoms with Gasteiger partial charge in [-0.15, -0.1) is 0 Å². The number of nitrogens with one attached hydrogen (secondary N) is 1. The Balaban J connectivity index is 2.05. The average Bonchev–Trinajstić information content (AvgIpc) is 2.91. The quantitative estimate of drug-likeness (QED) is 0.695. The van der Waals surface area contributed by atoms with Crippen molar-refractivity contribution in [2.24, 2.45) is 0 Å². The van der Waals surface area contributed by atoms with E-state index in [9.17, 15) is 5.11 Å². The predicted octanol–water partition coefficient (Wildman–Crippen LogP) is 0.790. The summed E-state index contributed by atoms with van der Waals surface area (Å²) in [4.78, 5) is 0. The van der Waals surface area contributed by atoms with E-state index in [2.05, 4.69) is 16.3 Å². The van der Waals surface area contributed by atoms with Gasteiger partial charge in [0.1, 0.15) is 5.75 Å². The van der Waals surface area contributed by atoms with Crippen molar-refractivity contribution < 1.29 is 5.11 Å². The van der Waals surface area contributed by atoms with E-state index in [1.54, 1.807) is 6.07 Å². The van der Waals surface area contributed by atoms with Gasteiger partial charge in [0.25, 0.3) is 0 Å². The van der Waals surface area contributed by atoms with Gasteiger partial charge >= 0.3 is 0 Å². The van der Waals surface area contributed by atoms with Gasteiger partial charge in [-0.1, -0.05) is 17.7 Å². The second-order valence-corrected chi connectivity index (χ2v) is 4.75. The standard InChI is InChI=1S/C14H12N2O/c17-9-2-1-8-5-12-10(11(8)6-9)3-4-14-13(12)7-15-16-14/h1-2,5-7,12,17H,3-4H2,(H,15,16). The van der Waals surface area contributed by atoms with Crippen molar-refractivity contribution in [2.45, 2.75) is 18.8 Å². The van der Waals surface area contributed by atoms with Gasteiger partial charge in [-0.2, -0.15) is 5.10 Å². The van der Waals surface area contributed by atoms with Gasteiger partial charge in [-0.25, -0.2) is 0 Å². The van der Waals surface area contributed by atoms with Crippen LogP contribution in [0.1, 0.15) is 23.6 Å². The summed E-state index contributed by atoms with van der Waals surface area (Å²) >= 11 is 0. The molecule has 0 saturated carbocycles. The van der Waals surface area contributed by atoms with E-state index >= 15 is 0 Å². The van der Waals surface area contributed by atoms with Crippen LogP contribution in [0.3, 0.4) is 0 Å².